The fourth-order valence-electron chi connectivity index (χ4n) is 6.74. The quantitative estimate of drug-likeness (QED) is 0.0267. The molecule has 3 N–H and O–H groups in total. The van der Waals surface area contributed by atoms with E-state index >= 15 is 0 Å². The van der Waals surface area contributed by atoms with Crippen LogP contribution in [-0.2, 0) is 34.0 Å². The number of aliphatic hydroxyl groups is 1. The number of quaternary nitrogens is 1. The number of rotatable bonds is 36. The third-order valence-electron chi connectivity index (χ3n) is 9.88. The van der Waals surface area contributed by atoms with Gasteiger partial charge in [-0.1, -0.05) is 175 Å². The second kappa shape index (κ2) is 41.5. The summed E-state index contributed by atoms with van der Waals surface area (Å²) in [5.41, 5.74) is 0. The van der Waals surface area contributed by atoms with Crippen LogP contribution in [0.4, 0.5) is 0 Å². The molecule has 1 unspecified atom stereocenters. The number of aliphatic carboxylic acids is 1. The molecule has 13 nitrogen and oxygen atoms in total. The Labute approximate surface area is 365 Å². The molecule has 330 valence electrons. The molecule has 1 aliphatic heterocycles. The Bertz CT molecular complexity index is 1080. The number of nitrogens with zero attached hydrogens (tertiary/aromatic N) is 1. The van der Waals surface area contributed by atoms with Crippen LogP contribution >= 0.6 is 0 Å². The van der Waals surface area contributed by atoms with E-state index < -0.39 is 26.8 Å². The third kappa shape index (κ3) is 43.4. The summed E-state index contributed by atoms with van der Waals surface area (Å²) in [6.07, 6.45) is 33.2. The van der Waals surface area contributed by atoms with Crippen LogP contribution in [0.15, 0.2) is 0 Å². The molecule has 0 fully saturated rings. The van der Waals surface area contributed by atoms with Gasteiger partial charge in [-0.05, 0) is 19.3 Å². The first-order chi connectivity index (χ1) is 26.3. The molecule has 1 atom stereocenters. The van der Waals surface area contributed by atoms with Crippen molar-refractivity contribution in [3.05, 3.63) is 0 Å². The summed E-state index contributed by atoms with van der Waals surface area (Å²) in [6, 6.07) is 0. The summed E-state index contributed by atoms with van der Waals surface area (Å²) in [6.45, 7) is 8.93. The molecule has 0 bridgehead atoms. The Morgan fingerprint density at radius 1 is 0.607 bits per heavy atom. The Hall–Kier alpha value is -0.200. The fraction of sp³-hybridized carbons (Fsp3) is 0.950. The maximum atomic E-state index is 11.1. The molecule has 0 aromatic heterocycles. The average Bonchev–Trinajstić information content (AvgIpc) is 3.49. The van der Waals surface area contributed by atoms with Crippen LogP contribution in [0.25, 0.3) is 0 Å². The summed E-state index contributed by atoms with van der Waals surface area (Å²) < 4.78 is 69.3. The predicted octanol–water partition coefficient (Wildman–Crippen LogP) is 4.29. The molecule has 16 heteroatoms. The maximum absolute atomic E-state index is 11.1. The minimum absolute atomic E-state index is 0. The van der Waals surface area contributed by atoms with Gasteiger partial charge in [0, 0.05) is 0 Å². The number of carbonyl (C=O) groups is 1. The van der Waals surface area contributed by atoms with E-state index in [1.807, 2.05) is 0 Å². The van der Waals surface area contributed by atoms with E-state index in [0.29, 0.717) is 23.9 Å². The van der Waals surface area contributed by atoms with Gasteiger partial charge in [0.05, 0.1) is 26.2 Å². The van der Waals surface area contributed by atoms with Crippen LogP contribution in [0.5, 0.6) is 0 Å². The van der Waals surface area contributed by atoms with Crippen LogP contribution in [0, 0.1) is 0 Å². The fourth-order valence-corrected chi connectivity index (χ4v) is 7.39. The van der Waals surface area contributed by atoms with Crippen LogP contribution in [0.3, 0.4) is 0 Å². The van der Waals surface area contributed by atoms with Gasteiger partial charge in [-0.15, -0.1) is 0 Å². The second-order valence-corrected chi connectivity index (χ2v) is 17.0. The first kappa shape index (κ1) is 60.1. The zero-order valence-corrected chi connectivity index (χ0v) is 39.7. The van der Waals surface area contributed by atoms with Gasteiger partial charge >= 0.3 is 41.4 Å². The number of carboxylic acids is 1. The molecule has 0 aromatic carbocycles. The van der Waals surface area contributed by atoms with E-state index in [9.17, 15) is 35.8 Å². The number of unbranched alkanes of at least 4 members (excludes halogenated alkanes) is 24. The second-order valence-electron chi connectivity index (χ2n) is 14.9. The van der Waals surface area contributed by atoms with Gasteiger partial charge in [-0.2, -0.15) is 4.99 Å². The van der Waals surface area contributed by atoms with Gasteiger partial charge < -0.3 is 19.3 Å². The SMILES string of the molecule is CCCCCCCCCC1=[NH+]CC[N+]1(CCO)CC(=O)O.CCCCCCCCCCCCOS(=O)(=O)[O-].CCCCCCCCCCCCOS(=O)(=O)[O-].[Na+]. The Morgan fingerprint density at radius 2 is 0.929 bits per heavy atom. The van der Waals surface area contributed by atoms with Crippen molar-refractivity contribution >= 4 is 32.6 Å². The molecule has 0 spiro atoms. The first-order valence-electron chi connectivity index (χ1n) is 21.8. The molecular formula is C40H82N2NaO11S2+. The summed E-state index contributed by atoms with van der Waals surface area (Å²) in [5.74, 6) is 0.323. The molecule has 1 rings (SSSR count). The van der Waals surface area contributed by atoms with Gasteiger partial charge in [-0.25, -0.2) is 26.1 Å². The Balaban J connectivity index is -0.000000753. The van der Waals surface area contributed by atoms with Crippen molar-refractivity contribution in [2.75, 3.05) is 46.0 Å². The minimum atomic E-state index is -4.48. The van der Waals surface area contributed by atoms with Gasteiger partial charge in [0.1, 0.15) is 13.1 Å². The van der Waals surface area contributed by atoms with Crippen molar-refractivity contribution in [3.63, 3.8) is 0 Å². The van der Waals surface area contributed by atoms with Gasteiger partial charge in [0.2, 0.25) is 20.8 Å². The van der Waals surface area contributed by atoms with Crippen molar-refractivity contribution in [2.24, 2.45) is 0 Å². The Morgan fingerprint density at radius 3 is 1.23 bits per heavy atom. The number of amidine groups is 1. The first-order valence-corrected chi connectivity index (χ1v) is 24.4. The summed E-state index contributed by atoms with van der Waals surface area (Å²) in [4.78, 5) is 14.5. The molecular weight excluding hydrogens is 772 g/mol. The third-order valence-corrected chi connectivity index (χ3v) is 10.8. The Kier molecular flexibility index (Phi) is 44.6. The van der Waals surface area contributed by atoms with Gasteiger partial charge in [-0.3, -0.25) is 8.37 Å². The molecule has 0 amide bonds. The van der Waals surface area contributed by atoms with Crippen LogP contribution in [0.1, 0.15) is 201 Å². The van der Waals surface area contributed by atoms with Crippen molar-refractivity contribution < 1.29 is 88.3 Å². The molecule has 0 saturated heterocycles. The molecule has 1 aliphatic rings. The van der Waals surface area contributed by atoms with Crippen molar-refractivity contribution in [2.45, 2.75) is 201 Å². The molecule has 0 saturated carbocycles. The van der Waals surface area contributed by atoms with E-state index in [1.54, 1.807) is 0 Å². The zero-order valence-electron chi connectivity index (χ0n) is 36.1. The van der Waals surface area contributed by atoms with Crippen molar-refractivity contribution in [1.29, 1.82) is 0 Å². The summed E-state index contributed by atoms with van der Waals surface area (Å²) >= 11 is 0. The van der Waals surface area contributed by atoms with Crippen LogP contribution in [-0.4, -0.2) is 98.4 Å². The molecule has 0 radical (unpaired) electrons. The number of hydrogen-bond donors (Lipinski definition) is 3. The number of hydrogen-bond acceptors (Lipinski definition) is 10. The predicted molar refractivity (Wildman–Crippen MR) is 218 cm³/mol. The number of carboxylic acid groups (broad SMARTS) is 1. The van der Waals surface area contributed by atoms with E-state index in [-0.39, 0.29) is 55.9 Å². The van der Waals surface area contributed by atoms with Gasteiger partial charge in [0.25, 0.3) is 0 Å². The molecule has 0 aromatic rings. The smallest absolute Gasteiger partial charge is 0.726 e. The van der Waals surface area contributed by atoms with Crippen LogP contribution < -0.4 is 34.5 Å². The average molecular weight is 854 g/mol. The van der Waals surface area contributed by atoms with Crippen molar-refractivity contribution in [3.8, 4) is 0 Å². The van der Waals surface area contributed by atoms with E-state index in [0.717, 1.165) is 57.5 Å². The van der Waals surface area contributed by atoms with E-state index in [2.05, 4.69) is 34.1 Å². The largest absolute Gasteiger partial charge is 1.00 e. The molecule has 56 heavy (non-hydrogen) atoms. The maximum Gasteiger partial charge on any atom is 1.00 e. The standard InChI is InChI=1S/C16H30N2O3.2C12H26O4S.Na/c1-2-3-4-5-6-7-8-9-15-17-10-11-18(15,12-13-19)14-16(20)21;2*1-2-3-4-5-6-7-8-9-10-11-12-16-17(13,14)15;/h19H,2-14H2,1H3;2*2-12H2,1H3,(H,13,14,15);/q;;;+1. The van der Waals surface area contributed by atoms with Gasteiger partial charge in [0.15, 0.2) is 13.1 Å². The van der Waals surface area contributed by atoms with Crippen molar-refractivity contribution in [1.82, 2.24) is 0 Å². The van der Waals surface area contributed by atoms with E-state index in [4.69, 9.17) is 5.11 Å². The monoisotopic (exact) mass is 854 g/mol. The van der Waals surface area contributed by atoms with Crippen LogP contribution in [0.2, 0.25) is 0 Å². The molecule has 1 heterocycles. The summed E-state index contributed by atoms with van der Waals surface area (Å²) in [5, 5.41) is 18.4. The van der Waals surface area contributed by atoms with E-state index in [1.165, 1.54) is 128 Å². The minimum Gasteiger partial charge on any atom is -0.726 e. The zero-order chi connectivity index (χ0) is 41.5. The summed E-state index contributed by atoms with van der Waals surface area (Å²) in [7, 11) is -8.97. The number of nitrogens with one attached hydrogen (secondary N) is 1. The normalized spacial score (nSPS) is 15.3. The molecule has 0 aliphatic carbocycles. The number of aliphatic hydroxyl groups excluding tert-OH is 1. The topological polar surface area (TPSA) is 204 Å².